The maximum atomic E-state index is 10.5. The molecule has 0 aliphatic heterocycles. The van der Waals surface area contributed by atoms with E-state index in [1.807, 2.05) is 0 Å². The third-order valence-corrected chi connectivity index (χ3v) is 2.03. The van der Waals surface area contributed by atoms with Crippen LogP contribution in [0.5, 0.6) is 5.75 Å². The number of aliphatic hydroxyl groups excluding tert-OH is 1. The first-order valence-corrected chi connectivity index (χ1v) is 4.70. The van der Waals surface area contributed by atoms with Crippen molar-refractivity contribution in [2.75, 3.05) is 13.2 Å². The number of aliphatic hydroxyl groups is 1. The molecule has 0 saturated carbocycles. The highest BCUT2D eigenvalue weighted by Gasteiger charge is 1.92. The molecular formula is C8H11O3P. The van der Waals surface area contributed by atoms with Gasteiger partial charge in [0, 0.05) is 5.30 Å². The number of rotatable bonds is 4. The van der Waals surface area contributed by atoms with E-state index in [2.05, 4.69) is 0 Å². The summed E-state index contributed by atoms with van der Waals surface area (Å²) >= 11 is 0. The van der Waals surface area contributed by atoms with E-state index >= 15 is 0 Å². The van der Waals surface area contributed by atoms with Crippen molar-refractivity contribution in [1.82, 2.24) is 0 Å². The van der Waals surface area contributed by atoms with Gasteiger partial charge in [-0.3, -0.25) is 0 Å². The van der Waals surface area contributed by atoms with Crippen molar-refractivity contribution < 1.29 is 14.4 Å². The van der Waals surface area contributed by atoms with Gasteiger partial charge < -0.3 is 14.4 Å². The SMILES string of the molecule is O=[PH2]c1ccc(OCCO)cc1. The zero-order valence-electron chi connectivity index (χ0n) is 6.56. The number of hydrogen-bond acceptors (Lipinski definition) is 3. The van der Waals surface area contributed by atoms with Gasteiger partial charge in [0.1, 0.15) is 12.4 Å². The molecule has 0 aliphatic rings. The minimum absolute atomic E-state index is 0.00849. The average Bonchev–Trinajstić information content (AvgIpc) is 2.15. The lowest BCUT2D eigenvalue weighted by atomic mass is 10.3. The molecule has 0 aromatic heterocycles. The van der Waals surface area contributed by atoms with E-state index < -0.39 is 8.46 Å². The van der Waals surface area contributed by atoms with Crippen molar-refractivity contribution in [3.05, 3.63) is 24.3 Å². The van der Waals surface area contributed by atoms with Crippen molar-refractivity contribution in [3.8, 4) is 5.75 Å². The van der Waals surface area contributed by atoms with Crippen LogP contribution in [0.4, 0.5) is 0 Å². The summed E-state index contributed by atoms with van der Waals surface area (Å²) in [5.74, 6) is 0.695. The van der Waals surface area contributed by atoms with Crippen molar-refractivity contribution in [2.45, 2.75) is 0 Å². The van der Waals surface area contributed by atoms with Gasteiger partial charge in [-0.05, 0) is 24.3 Å². The molecular weight excluding hydrogens is 175 g/mol. The molecule has 0 amide bonds. The Morgan fingerprint density at radius 3 is 2.50 bits per heavy atom. The van der Waals surface area contributed by atoms with Crippen LogP contribution >= 0.6 is 8.46 Å². The first-order chi connectivity index (χ1) is 5.86. The Balaban J connectivity index is 2.58. The molecule has 1 aromatic rings. The molecule has 66 valence electrons. The third-order valence-electron chi connectivity index (χ3n) is 1.38. The van der Waals surface area contributed by atoms with Crippen molar-refractivity contribution in [1.29, 1.82) is 0 Å². The summed E-state index contributed by atoms with van der Waals surface area (Å²) in [6, 6.07) is 7.01. The van der Waals surface area contributed by atoms with Crippen LogP contribution in [0.1, 0.15) is 0 Å². The van der Waals surface area contributed by atoms with Gasteiger partial charge >= 0.3 is 0 Å². The second-order valence-electron chi connectivity index (χ2n) is 2.26. The summed E-state index contributed by atoms with van der Waals surface area (Å²) in [6.45, 7) is 0.304. The highest BCUT2D eigenvalue weighted by Crippen LogP contribution is 2.09. The quantitative estimate of drug-likeness (QED) is 0.694. The fourth-order valence-electron chi connectivity index (χ4n) is 0.806. The predicted molar refractivity (Wildman–Crippen MR) is 49.1 cm³/mol. The molecule has 4 heteroatoms. The van der Waals surface area contributed by atoms with Crippen molar-refractivity contribution in [3.63, 3.8) is 0 Å². The van der Waals surface area contributed by atoms with E-state index in [1.165, 1.54) is 0 Å². The average molecular weight is 186 g/mol. The molecule has 0 aliphatic carbocycles. The molecule has 0 bridgehead atoms. The van der Waals surface area contributed by atoms with Gasteiger partial charge in [0.15, 0.2) is 0 Å². The molecule has 0 heterocycles. The number of ether oxygens (including phenoxy) is 1. The molecule has 12 heavy (non-hydrogen) atoms. The van der Waals surface area contributed by atoms with Crippen LogP contribution in [0, 0.1) is 0 Å². The molecule has 1 aromatic carbocycles. The Labute approximate surface area is 72.2 Å². The topological polar surface area (TPSA) is 46.5 Å². The maximum Gasteiger partial charge on any atom is 0.119 e. The molecule has 0 fully saturated rings. The van der Waals surface area contributed by atoms with Crippen LogP contribution in [0.15, 0.2) is 24.3 Å². The first kappa shape index (κ1) is 9.30. The summed E-state index contributed by atoms with van der Waals surface area (Å²) in [6.07, 6.45) is 0. The van der Waals surface area contributed by atoms with E-state index in [0.717, 1.165) is 5.30 Å². The van der Waals surface area contributed by atoms with E-state index in [1.54, 1.807) is 24.3 Å². The van der Waals surface area contributed by atoms with Crippen molar-refractivity contribution in [2.24, 2.45) is 0 Å². The number of hydrogen-bond donors (Lipinski definition) is 1. The Kier molecular flexibility index (Phi) is 3.85. The largest absolute Gasteiger partial charge is 0.491 e. The van der Waals surface area contributed by atoms with Crippen LogP contribution in [0.25, 0.3) is 0 Å². The van der Waals surface area contributed by atoms with Crippen LogP contribution in [-0.2, 0) is 4.57 Å². The Morgan fingerprint density at radius 2 is 2.00 bits per heavy atom. The van der Waals surface area contributed by atoms with Crippen LogP contribution < -0.4 is 10.0 Å². The van der Waals surface area contributed by atoms with E-state index in [-0.39, 0.29) is 6.61 Å². The lowest BCUT2D eigenvalue weighted by molar-refractivity contribution is 0.201. The van der Waals surface area contributed by atoms with Crippen LogP contribution in [-0.4, -0.2) is 18.3 Å². The Morgan fingerprint density at radius 1 is 1.33 bits per heavy atom. The summed E-state index contributed by atoms with van der Waals surface area (Å²) in [5, 5.41) is 9.28. The molecule has 0 radical (unpaired) electrons. The zero-order chi connectivity index (χ0) is 8.81. The number of benzene rings is 1. The van der Waals surface area contributed by atoms with E-state index in [4.69, 9.17) is 9.84 Å². The highest BCUT2D eigenvalue weighted by molar-refractivity contribution is 7.34. The summed E-state index contributed by atoms with van der Waals surface area (Å²) in [7, 11) is -0.863. The fourth-order valence-corrected chi connectivity index (χ4v) is 1.16. The molecule has 1 rings (SSSR count). The summed E-state index contributed by atoms with van der Waals surface area (Å²) in [4.78, 5) is 0. The lowest BCUT2D eigenvalue weighted by Crippen LogP contribution is -2.02. The van der Waals surface area contributed by atoms with Gasteiger partial charge in [-0.1, -0.05) is 0 Å². The smallest absolute Gasteiger partial charge is 0.119 e. The second-order valence-corrected chi connectivity index (χ2v) is 3.16. The standard InChI is InChI=1S/C8H11O3P/c9-5-6-11-7-1-3-8(12-10)4-2-7/h1-4,9H,5-6,12H2. The van der Waals surface area contributed by atoms with E-state index in [9.17, 15) is 4.57 Å². The third kappa shape index (κ3) is 2.68. The summed E-state index contributed by atoms with van der Waals surface area (Å²) < 4.78 is 15.6. The van der Waals surface area contributed by atoms with E-state index in [0.29, 0.717) is 12.4 Å². The molecule has 1 atom stereocenters. The van der Waals surface area contributed by atoms with Gasteiger partial charge in [-0.15, -0.1) is 0 Å². The van der Waals surface area contributed by atoms with Gasteiger partial charge in [-0.2, -0.15) is 0 Å². The highest BCUT2D eigenvalue weighted by atomic mass is 31.1. The van der Waals surface area contributed by atoms with Gasteiger partial charge in [0.05, 0.1) is 15.1 Å². The molecule has 1 unspecified atom stereocenters. The maximum absolute atomic E-state index is 10.5. The minimum atomic E-state index is -0.863. The molecule has 0 spiro atoms. The van der Waals surface area contributed by atoms with Gasteiger partial charge in [0.25, 0.3) is 0 Å². The van der Waals surface area contributed by atoms with Crippen LogP contribution in [0.3, 0.4) is 0 Å². The summed E-state index contributed by atoms with van der Waals surface area (Å²) in [5.41, 5.74) is 0. The first-order valence-electron chi connectivity index (χ1n) is 3.65. The normalized spacial score (nSPS) is 10.8. The van der Waals surface area contributed by atoms with Gasteiger partial charge in [-0.25, -0.2) is 0 Å². The monoisotopic (exact) mass is 186 g/mol. The molecule has 0 saturated heterocycles. The Bertz CT molecular complexity index is 245. The Hall–Kier alpha value is -0.790. The van der Waals surface area contributed by atoms with Crippen molar-refractivity contribution >= 4 is 13.8 Å². The van der Waals surface area contributed by atoms with Gasteiger partial charge in [0.2, 0.25) is 0 Å². The second kappa shape index (κ2) is 4.96. The minimum Gasteiger partial charge on any atom is -0.491 e. The molecule has 3 nitrogen and oxygen atoms in total. The predicted octanol–water partition coefficient (Wildman–Crippen LogP) is 0.439. The zero-order valence-corrected chi connectivity index (χ0v) is 7.72. The lowest BCUT2D eigenvalue weighted by Gasteiger charge is -2.02. The molecule has 1 N–H and O–H groups in total. The fraction of sp³-hybridized carbons (Fsp3) is 0.250. The van der Waals surface area contributed by atoms with Crippen LogP contribution in [0.2, 0.25) is 0 Å².